The lowest BCUT2D eigenvalue weighted by Crippen LogP contribution is -2.44. The highest BCUT2D eigenvalue weighted by Crippen LogP contribution is 2.32. The Bertz CT molecular complexity index is 2090. The monoisotopic (exact) mass is 741 g/mol. The van der Waals surface area contributed by atoms with Crippen LogP contribution in [0.1, 0.15) is 69.6 Å². The molecule has 4 aromatic rings. The average Bonchev–Trinajstić information content (AvgIpc) is 3.33. The number of hydrogen-bond donors (Lipinski definition) is 0. The molecule has 0 saturated heterocycles. The van der Waals surface area contributed by atoms with Crippen LogP contribution in [0, 0.1) is 32.1 Å². The van der Waals surface area contributed by atoms with Gasteiger partial charge in [0.25, 0.3) is 10.1 Å². The summed E-state index contributed by atoms with van der Waals surface area (Å²) >= 11 is 6.76. The molecular weight excluding hydrogens is 702 g/mol. The number of aromatic nitrogens is 5. The maximum Gasteiger partial charge on any atom is 0.427 e. The lowest BCUT2D eigenvalue weighted by molar-refractivity contribution is 0.0427. The van der Waals surface area contributed by atoms with E-state index in [0.29, 0.717) is 21.9 Å². The standard InChI is InChI=1S/C34H40ClN7O8S/c1-19-11-13-23(14-12-19)51(45,46)50-22(16-36)15-24-26-28(35)38-30(42(31(43)48-33(4,5)6)32(44)49-34(7,8)9)39-29(26)41(40-24)18-25-21(3)27(47-10)20(2)17-37-25/h11-14,17,22H,15,18H2,1-10H3. The fraction of sp³-hybridized carbons (Fsp3) is 0.441. The second kappa shape index (κ2) is 14.8. The molecule has 1 unspecified atom stereocenters. The van der Waals surface area contributed by atoms with E-state index >= 15 is 0 Å². The topological polar surface area (TPSA) is 189 Å². The smallest absolute Gasteiger partial charge is 0.427 e. The minimum atomic E-state index is -4.35. The van der Waals surface area contributed by atoms with Gasteiger partial charge in [0.1, 0.15) is 22.1 Å². The highest BCUT2D eigenvalue weighted by molar-refractivity contribution is 7.86. The normalized spacial score (nSPS) is 12.7. The number of hydrogen-bond acceptors (Lipinski definition) is 13. The number of amides is 2. The number of methoxy groups -OCH3 is 1. The number of pyridine rings is 1. The van der Waals surface area contributed by atoms with Gasteiger partial charge in [-0.1, -0.05) is 29.3 Å². The van der Waals surface area contributed by atoms with Gasteiger partial charge in [-0.3, -0.25) is 4.98 Å². The Labute approximate surface area is 301 Å². The van der Waals surface area contributed by atoms with Crippen LogP contribution in [0.3, 0.4) is 0 Å². The molecule has 15 nitrogen and oxygen atoms in total. The van der Waals surface area contributed by atoms with Gasteiger partial charge in [-0.2, -0.15) is 28.7 Å². The summed E-state index contributed by atoms with van der Waals surface area (Å²) in [6, 6.07) is 7.84. The summed E-state index contributed by atoms with van der Waals surface area (Å²) < 4.78 is 49.4. The minimum absolute atomic E-state index is 0.0234. The number of aryl methyl sites for hydroxylation is 2. The van der Waals surface area contributed by atoms with Crippen molar-refractivity contribution < 1.29 is 36.4 Å². The highest BCUT2D eigenvalue weighted by atomic mass is 35.5. The third-order valence-corrected chi connectivity index (χ3v) is 8.69. The molecule has 2 amide bonds. The summed E-state index contributed by atoms with van der Waals surface area (Å²) in [5.74, 6) is 0.121. The van der Waals surface area contributed by atoms with Gasteiger partial charge in [-0.05, 0) is 74.4 Å². The molecule has 1 aromatic carbocycles. The van der Waals surface area contributed by atoms with Crippen molar-refractivity contribution in [3.63, 3.8) is 0 Å². The van der Waals surface area contributed by atoms with Gasteiger partial charge in [-0.15, -0.1) is 4.90 Å². The number of imide groups is 1. The maximum absolute atomic E-state index is 13.4. The maximum atomic E-state index is 13.4. The fourth-order valence-electron chi connectivity index (χ4n) is 4.86. The number of halogens is 1. The molecule has 0 radical (unpaired) electrons. The Hall–Kier alpha value is -4.85. The van der Waals surface area contributed by atoms with E-state index < -0.39 is 45.6 Å². The van der Waals surface area contributed by atoms with Crippen molar-refractivity contribution in [1.29, 1.82) is 5.26 Å². The van der Waals surface area contributed by atoms with Gasteiger partial charge in [0.2, 0.25) is 5.95 Å². The van der Waals surface area contributed by atoms with E-state index in [2.05, 4.69) is 20.1 Å². The van der Waals surface area contributed by atoms with Crippen molar-refractivity contribution >= 4 is 50.9 Å². The zero-order valence-electron chi connectivity index (χ0n) is 30.1. The summed E-state index contributed by atoms with van der Waals surface area (Å²) in [6.07, 6.45) is -2.53. The Morgan fingerprint density at radius 3 is 2.10 bits per heavy atom. The van der Waals surface area contributed by atoms with E-state index in [9.17, 15) is 23.3 Å². The highest BCUT2D eigenvalue weighted by Gasteiger charge is 2.36. The second-order valence-electron chi connectivity index (χ2n) is 13.6. The molecule has 0 saturated carbocycles. The largest absolute Gasteiger partial charge is 0.496 e. The molecular formula is C34H40ClN7O8S. The Kier molecular flexibility index (Phi) is 11.3. The molecule has 1 atom stereocenters. The Morgan fingerprint density at radius 2 is 1.57 bits per heavy atom. The molecule has 0 spiro atoms. The van der Waals surface area contributed by atoms with E-state index in [0.717, 1.165) is 11.1 Å². The van der Waals surface area contributed by atoms with Crippen LogP contribution in [0.4, 0.5) is 15.5 Å². The van der Waals surface area contributed by atoms with Crippen LogP contribution < -0.4 is 9.64 Å². The quantitative estimate of drug-likeness (QED) is 0.136. The Morgan fingerprint density at radius 1 is 0.980 bits per heavy atom. The number of anilines is 1. The summed E-state index contributed by atoms with van der Waals surface area (Å²) in [5, 5.41) is 14.5. The van der Waals surface area contributed by atoms with Gasteiger partial charge >= 0.3 is 12.2 Å². The number of rotatable bonds is 9. The van der Waals surface area contributed by atoms with Crippen molar-refractivity contribution in [1.82, 2.24) is 24.7 Å². The van der Waals surface area contributed by atoms with Crippen LogP contribution in [0.2, 0.25) is 5.15 Å². The molecule has 0 aliphatic rings. The summed E-state index contributed by atoms with van der Waals surface area (Å²) in [7, 11) is -2.82. The first kappa shape index (κ1) is 38.9. The molecule has 0 bridgehead atoms. The van der Waals surface area contributed by atoms with Crippen molar-refractivity contribution in [3.05, 3.63) is 63.7 Å². The van der Waals surface area contributed by atoms with Gasteiger partial charge in [0.15, 0.2) is 11.8 Å². The lowest BCUT2D eigenvalue weighted by atomic mass is 10.1. The zero-order chi connectivity index (χ0) is 38.1. The number of carbonyl (C=O) groups is 2. The molecule has 3 heterocycles. The third kappa shape index (κ3) is 9.29. The summed E-state index contributed by atoms with van der Waals surface area (Å²) in [6.45, 7) is 15.2. The zero-order valence-corrected chi connectivity index (χ0v) is 31.6. The van der Waals surface area contributed by atoms with E-state index in [4.69, 9.17) is 30.0 Å². The molecule has 51 heavy (non-hydrogen) atoms. The fourth-order valence-corrected chi connectivity index (χ4v) is 6.12. The van der Waals surface area contributed by atoms with Crippen LogP contribution >= 0.6 is 11.6 Å². The molecule has 0 aliphatic heterocycles. The molecule has 0 N–H and O–H groups in total. The van der Waals surface area contributed by atoms with E-state index in [1.807, 2.05) is 19.9 Å². The molecule has 0 aliphatic carbocycles. The molecule has 272 valence electrons. The first-order valence-corrected chi connectivity index (χ1v) is 17.5. The molecule has 4 rings (SSSR count). The first-order chi connectivity index (χ1) is 23.6. The van der Waals surface area contributed by atoms with E-state index in [1.165, 1.54) is 23.9 Å². The van der Waals surface area contributed by atoms with Crippen LogP contribution in [-0.2, 0) is 36.7 Å². The molecule has 17 heteroatoms. The second-order valence-corrected chi connectivity index (χ2v) is 15.6. The first-order valence-electron chi connectivity index (χ1n) is 15.7. The predicted molar refractivity (Wildman–Crippen MR) is 187 cm³/mol. The number of carbonyl (C=O) groups excluding carboxylic acids is 2. The van der Waals surface area contributed by atoms with Gasteiger partial charge in [-0.25, -0.2) is 18.5 Å². The van der Waals surface area contributed by atoms with E-state index in [-0.39, 0.29) is 39.7 Å². The van der Waals surface area contributed by atoms with Crippen LogP contribution in [0.5, 0.6) is 5.75 Å². The number of nitrogens with zero attached hydrogens (tertiary/aromatic N) is 7. The average molecular weight is 742 g/mol. The van der Waals surface area contributed by atoms with Crippen molar-refractivity contribution in [2.45, 2.75) is 97.5 Å². The number of ether oxygens (including phenoxy) is 3. The number of fused-ring (bicyclic) bond motifs is 1. The number of benzene rings is 1. The molecule has 0 fully saturated rings. The summed E-state index contributed by atoms with van der Waals surface area (Å²) in [4.78, 5) is 40.6. The van der Waals surface area contributed by atoms with Crippen molar-refractivity contribution in [3.8, 4) is 11.8 Å². The van der Waals surface area contributed by atoms with Gasteiger partial charge in [0, 0.05) is 23.7 Å². The lowest BCUT2D eigenvalue weighted by Gasteiger charge is -2.27. The van der Waals surface area contributed by atoms with Crippen LogP contribution in [0.25, 0.3) is 11.0 Å². The van der Waals surface area contributed by atoms with Crippen molar-refractivity contribution in [2.75, 3.05) is 12.0 Å². The SMILES string of the molecule is COc1c(C)cnc(Cn2nc(CC(C#N)OS(=O)(=O)c3ccc(C)cc3)c3c(Cl)nc(N(C(=O)OC(C)(C)C)C(=O)OC(C)(C)C)nc32)c1C. The third-order valence-electron chi connectivity index (χ3n) is 7.09. The van der Waals surface area contributed by atoms with Gasteiger partial charge < -0.3 is 14.2 Å². The summed E-state index contributed by atoms with van der Waals surface area (Å²) in [5.41, 5.74) is 0.959. The van der Waals surface area contributed by atoms with Gasteiger partial charge in [0.05, 0.1) is 41.4 Å². The number of nitriles is 1. The van der Waals surface area contributed by atoms with Crippen LogP contribution in [0.15, 0.2) is 35.4 Å². The Balaban J connectivity index is 1.89. The predicted octanol–water partition coefficient (Wildman–Crippen LogP) is 6.37. The van der Waals surface area contributed by atoms with Crippen LogP contribution in [-0.4, -0.2) is 69.8 Å². The van der Waals surface area contributed by atoms with E-state index in [1.54, 1.807) is 66.8 Å². The minimum Gasteiger partial charge on any atom is -0.496 e. The molecule has 3 aromatic heterocycles. The van der Waals surface area contributed by atoms with Crippen molar-refractivity contribution in [2.24, 2.45) is 0 Å².